The summed E-state index contributed by atoms with van der Waals surface area (Å²) in [5.74, 6) is -0.677. The van der Waals surface area contributed by atoms with Crippen LogP contribution in [0.1, 0.15) is 77.6 Å². The zero-order valence-corrected chi connectivity index (χ0v) is 17.5. The van der Waals surface area contributed by atoms with Gasteiger partial charge in [0.15, 0.2) is 0 Å². The van der Waals surface area contributed by atoms with Crippen molar-refractivity contribution in [2.45, 2.75) is 87.0 Å². The number of carboxylic acid groups (broad SMARTS) is 1. The van der Waals surface area contributed by atoms with Crippen molar-refractivity contribution in [1.82, 2.24) is 0 Å². The summed E-state index contributed by atoms with van der Waals surface area (Å²) < 4.78 is 2.35. The molecule has 1 unspecified atom stereocenters. The third-order valence-electron chi connectivity index (χ3n) is 4.76. The second-order valence-electron chi connectivity index (χ2n) is 7.02. The van der Waals surface area contributed by atoms with Crippen LogP contribution in [0.5, 0.6) is 0 Å². The Hall–Kier alpha value is -1.00. The van der Waals surface area contributed by atoms with Crippen molar-refractivity contribution in [3.8, 4) is 0 Å². The van der Waals surface area contributed by atoms with Crippen LogP contribution in [0.4, 0.5) is 0 Å². The minimum absolute atomic E-state index is 0.322. The summed E-state index contributed by atoms with van der Waals surface area (Å²) in [6.07, 6.45) is 13.6. The lowest BCUT2D eigenvalue weighted by atomic mass is 10.1. The highest BCUT2D eigenvalue weighted by atomic mass is 32.2. The van der Waals surface area contributed by atoms with E-state index in [0.29, 0.717) is 0 Å². The first-order chi connectivity index (χ1) is 12.7. The van der Waals surface area contributed by atoms with E-state index in [4.69, 9.17) is 0 Å². The van der Waals surface area contributed by atoms with Gasteiger partial charge < -0.3 is 5.11 Å². The van der Waals surface area contributed by atoms with Gasteiger partial charge in [-0.15, -0.1) is 23.1 Å². The molecule has 144 valence electrons. The topological polar surface area (TPSA) is 37.3 Å². The average molecular weight is 393 g/mol. The highest BCUT2D eigenvalue weighted by Crippen LogP contribution is 2.36. The Morgan fingerprint density at radius 3 is 2.23 bits per heavy atom. The number of hydrogen-bond acceptors (Lipinski definition) is 3. The van der Waals surface area contributed by atoms with E-state index < -0.39 is 5.97 Å². The van der Waals surface area contributed by atoms with Crippen molar-refractivity contribution in [2.24, 2.45) is 0 Å². The van der Waals surface area contributed by atoms with Crippen LogP contribution in [0, 0.1) is 0 Å². The Morgan fingerprint density at radius 2 is 1.62 bits per heavy atom. The molecular weight excluding hydrogens is 360 g/mol. The van der Waals surface area contributed by atoms with Gasteiger partial charge >= 0.3 is 5.97 Å². The molecule has 0 aliphatic heterocycles. The van der Waals surface area contributed by atoms with Gasteiger partial charge in [-0.3, -0.25) is 4.79 Å². The van der Waals surface area contributed by atoms with Gasteiger partial charge in [-0.1, -0.05) is 89.3 Å². The number of thioether (sulfide) groups is 1. The number of hydrogen-bond donors (Lipinski definition) is 1. The smallest absolute Gasteiger partial charge is 0.317 e. The summed E-state index contributed by atoms with van der Waals surface area (Å²) in [4.78, 5) is 11.6. The first-order valence-electron chi connectivity index (χ1n) is 10.1. The maximum absolute atomic E-state index is 11.6. The van der Waals surface area contributed by atoms with E-state index in [2.05, 4.69) is 25.1 Å². The molecule has 4 heteroatoms. The quantitative estimate of drug-likeness (QED) is 0.264. The molecule has 2 nitrogen and oxygen atoms in total. The monoisotopic (exact) mass is 392 g/mol. The van der Waals surface area contributed by atoms with E-state index in [-0.39, 0.29) is 5.25 Å². The summed E-state index contributed by atoms with van der Waals surface area (Å²) in [7, 11) is 0. The first-order valence-corrected chi connectivity index (χ1v) is 11.8. The van der Waals surface area contributed by atoms with Gasteiger partial charge in [-0.05, 0) is 23.9 Å². The molecule has 0 fully saturated rings. The SMILES string of the molecule is CCCCCCCCCCCCC(Sc1cc2ccccc2s1)C(=O)O. The zero-order chi connectivity index (χ0) is 18.6. The molecule has 0 spiro atoms. The molecule has 1 aromatic heterocycles. The number of thiophene rings is 1. The third-order valence-corrected chi connectivity index (χ3v) is 7.28. The Bertz CT molecular complexity index is 617. The number of carbonyl (C=O) groups is 1. The minimum Gasteiger partial charge on any atom is -0.480 e. The Morgan fingerprint density at radius 1 is 1.00 bits per heavy atom. The normalized spacial score (nSPS) is 12.5. The molecule has 2 aromatic rings. The molecule has 0 aliphatic rings. The van der Waals surface area contributed by atoms with Gasteiger partial charge in [0.2, 0.25) is 0 Å². The fourth-order valence-corrected chi connectivity index (χ4v) is 5.67. The Labute approximate surface area is 166 Å². The summed E-state index contributed by atoms with van der Waals surface area (Å²) >= 11 is 3.22. The highest BCUT2D eigenvalue weighted by molar-refractivity contribution is 8.02. The molecule has 0 amide bonds. The zero-order valence-electron chi connectivity index (χ0n) is 15.9. The van der Waals surface area contributed by atoms with Gasteiger partial charge in [0.05, 0.1) is 4.21 Å². The maximum Gasteiger partial charge on any atom is 0.317 e. The van der Waals surface area contributed by atoms with Crippen molar-refractivity contribution >= 4 is 39.2 Å². The van der Waals surface area contributed by atoms with Gasteiger partial charge in [0.1, 0.15) is 5.25 Å². The van der Waals surface area contributed by atoms with E-state index in [9.17, 15) is 9.90 Å². The maximum atomic E-state index is 11.6. The predicted molar refractivity (Wildman–Crippen MR) is 116 cm³/mol. The van der Waals surface area contributed by atoms with Gasteiger partial charge in [0.25, 0.3) is 0 Å². The van der Waals surface area contributed by atoms with Crippen molar-refractivity contribution in [3.63, 3.8) is 0 Å². The summed E-state index contributed by atoms with van der Waals surface area (Å²) in [6.45, 7) is 2.25. The van der Waals surface area contributed by atoms with Crippen LogP contribution >= 0.6 is 23.1 Å². The number of benzene rings is 1. The molecule has 0 radical (unpaired) electrons. The van der Waals surface area contributed by atoms with E-state index in [1.54, 1.807) is 11.3 Å². The first kappa shape index (κ1) is 21.3. The van der Waals surface area contributed by atoms with Crippen LogP contribution in [0.3, 0.4) is 0 Å². The lowest BCUT2D eigenvalue weighted by Crippen LogP contribution is -2.15. The Balaban J connectivity index is 1.63. The third kappa shape index (κ3) is 7.71. The molecule has 0 saturated carbocycles. The summed E-state index contributed by atoms with van der Waals surface area (Å²) in [6, 6.07) is 10.4. The van der Waals surface area contributed by atoms with Crippen LogP contribution in [-0.2, 0) is 4.79 Å². The van der Waals surface area contributed by atoms with Crippen LogP contribution in [0.25, 0.3) is 10.1 Å². The highest BCUT2D eigenvalue weighted by Gasteiger charge is 2.19. The average Bonchev–Trinajstić information content (AvgIpc) is 3.04. The van der Waals surface area contributed by atoms with E-state index in [1.165, 1.54) is 73.2 Å². The molecule has 1 N–H and O–H groups in total. The molecule has 0 aliphatic carbocycles. The molecule has 1 heterocycles. The number of aliphatic carboxylic acids is 1. The number of rotatable bonds is 14. The number of carboxylic acids is 1. The van der Waals surface area contributed by atoms with Crippen molar-refractivity contribution < 1.29 is 9.90 Å². The minimum atomic E-state index is -0.677. The lowest BCUT2D eigenvalue weighted by Gasteiger charge is -2.10. The van der Waals surface area contributed by atoms with Crippen molar-refractivity contribution in [3.05, 3.63) is 30.3 Å². The van der Waals surface area contributed by atoms with Crippen molar-refractivity contribution in [1.29, 1.82) is 0 Å². The Kier molecular flexibility index (Phi) is 10.2. The van der Waals surface area contributed by atoms with Crippen LogP contribution in [0.15, 0.2) is 34.5 Å². The largest absolute Gasteiger partial charge is 0.480 e. The van der Waals surface area contributed by atoms with Crippen LogP contribution in [0.2, 0.25) is 0 Å². The summed E-state index contributed by atoms with van der Waals surface area (Å²) in [5.41, 5.74) is 0. The lowest BCUT2D eigenvalue weighted by molar-refractivity contribution is -0.136. The van der Waals surface area contributed by atoms with Gasteiger partial charge in [0, 0.05) is 4.70 Å². The molecular formula is C22H32O2S2. The molecule has 0 bridgehead atoms. The fourth-order valence-electron chi connectivity index (χ4n) is 3.21. The van der Waals surface area contributed by atoms with Crippen molar-refractivity contribution in [2.75, 3.05) is 0 Å². The van der Waals surface area contributed by atoms with Crippen LogP contribution < -0.4 is 0 Å². The second-order valence-corrected chi connectivity index (χ2v) is 9.61. The predicted octanol–water partition coefficient (Wildman–Crippen LogP) is 7.76. The molecule has 1 atom stereocenters. The second kappa shape index (κ2) is 12.4. The van der Waals surface area contributed by atoms with E-state index in [0.717, 1.165) is 23.5 Å². The van der Waals surface area contributed by atoms with E-state index in [1.807, 2.05) is 12.1 Å². The number of fused-ring (bicyclic) bond motifs is 1. The van der Waals surface area contributed by atoms with Gasteiger partial charge in [-0.2, -0.15) is 0 Å². The van der Waals surface area contributed by atoms with Crippen LogP contribution in [-0.4, -0.2) is 16.3 Å². The van der Waals surface area contributed by atoms with Gasteiger partial charge in [-0.25, -0.2) is 0 Å². The number of unbranched alkanes of at least 4 members (excludes halogenated alkanes) is 9. The fraction of sp³-hybridized carbons (Fsp3) is 0.591. The molecule has 26 heavy (non-hydrogen) atoms. The molecule has 0 saturated heterocycles. The molecule has 2 rings (SSSR count). The van der Waals surface area contributed by atoms with E-state index >= 15 is 0 Å². The standard InChI is InChI=1S/C22H32O2S2/c1-2-3-4-5-6-7-8-9-10-11-16-20(22(23)24)26-21-17-18-14-12-13-15-19(18)25-21/h12-15,17,20H,2-11,16H2,1H3,(H,23,24). The molecule has 1 aromatic carbocycles. The summed E-state index contributed by atoms with van der Waals surface area (Å²) in [5, 5.41) is 10.4.